The van der Waals surface area contributed by atoms with Crippen LogP contribution in [0.4, 0.5) is 5.69 Å². The van der Waals surface area contributed by atoms with E-state index in [1.54, 1.807) is 43.5 Å². The van der Waals surface area contributed by atoms with Crippen LogP contribution in [0.2, 0.25) is 5.02 Å². The van der Waals surface area contributed by atoms with Crippen LogP contribution in [0.15, 0.2) is 42.5 Å². The average Bonchev–Trinajstić information content (AvgIpc) is 2.75. The standard InChI is InChI=1S/C23H28ClN3O4/c1-5-12-25-22(29)18-11-8-16(13-19(18)24)26-23(30)20(14(2)3)27-21(28)15-6-9-17(31-4)10-7-15/h6-11,13-14,20H,5,12H2,1-4H3,(H,25,29)(H,26,30)(H,27,28). The Balaban J connectivity index is 2.08. The van der Waals surface area contributed by atoms with Crippen molar-refractivity contribution in [1.29, 1.82) is 0 Å². The molecule has 166 valence electrons. The van der Waals surface area contributed by atoms with E-state index in [-0.39, 0.29) is 28.7 Å². The molecule has 7 nitrogen and oxygen atoms in total. The SMILES string of the molecule is CCCNC(=O)c1ccc(NC(=O)C(NC(=O)c2ccc(OC)cc2)C(C)C)cc1Cl. The Labute approximate surface area is 187 Å². The third-order valence-electron chi connectivity index (χ3n) is 4.60. The molecule has 0 aromatic heterocycles. The molecule has 0 heterocycles. The van der Waals surface area contributed by atoms with Crippen LogP contribution in [0.1, 0.15) is 47.9 Å². The lowest BCUT2D eigenvalue weighted by atomic mass is 10.0. The Morgan fingerprint density at radius 2 is 1.71 bits per heavy atom. The molecule has 0 aliphatic heterocycles. The third-order valence-corrected chi connectivity index (χ3v) is 4.92. The summed E-state index contributed by atoms with van der Waals surface area (Å²) in [6, 6.07) is 10.5. The van der Waals surface area contributed by atoms with Gasteiger partial charge in [0.05, 0.1) is 17.7 Å². The molecule has 0 radical (unpaired) electrons. The molecule has 0 fully saturated rings. The summed E-state index contributed by atoms with van der Waals surface area (Å²) in [5.41, 5.74) is 1.19. The smallest absolute Gasteiger partial charge is 0.252 e. The van der Waals surface area contributed by atoms with E-state index in [9.17, 15) is 14.4 Å². The molecule has 31 heavy (non-hydrogen) atoms. The summed E-state index contributed by atoms with van der Waals surface area (Å²) in [7, 11) is 1.55. The largest absolute Gasteiger partial charge is 0.497 e. The lowest BCUT2D eigenvalue weighted by molar-refractivity contribution is -0.118. The third kappa shape index (κ3) is 6.72. The highest BCUT2D eigenvalue weighted by Gasteiger charge is 2.25. The van der Waals surface area contributed by atoms with Gasteiger partial charge in [-0.1, -0.05) is 32.4 Å². The van der Waals surface area contributed by atoms with Gasteiger partial charge in [-0.3, -0.25) is 14.4 Å². The first-order chi connectivity index (χ1) is 14.8. The average molecular weight is 446 g/mol. The van der Waals surface area contributed by atoms with Gasteiger partial charge in [-0.25, -0.2) is 0 Å². The van der Waals surface area contributed by atoms with E-state index in [0.717, 1.165) is 6.42 Å². The van der Waals surface area contributed by atoms with Crippen molar-refractivity contribution >= 4 is 35.0 Å². The quantitative estimate of drug-likeness (QED) is 0.545. The molecule has 3 amide bonds. The van der Waals surface area contributed by atoms with E-state index in [1.165, 1.54) is 6.07 Å². The fourth-order valence-electron chi connectivity index (χ4n) is 2.83. The fraction of sp³-hybridized carbons (Fsp3) is 0.348. The number of hydrogen-bond donors (Lipinski definition) is 3. The lowest BCUT2D eigenvalue weighted by Crippen LogP contribution is -2.47. The number of hydrogen-bond acceptors (Lipinski definition) is 4. The van der Waals surface area contributed by atoms with Crippen LogP contribution in [-0.2, 0) is 4.79 Å². The summed E-state index contributed by atoms with van der Waals surface area (Å²) in [4.78, 5) is 37.5. The highest BCUT2D eigenvalue weighted by Crippen LogP contribution is 2.22. The molecule has 0 saturated carbocycles. The number of halogens is 1. The van der Waals surface area contributed by atoms with Gasteiger partial charge in [0.15, 0.2) is 0 Å². The fourth-order valence-corrected chi connectivity index (χ4v) is 3.10. The van der Waals surface area contributed by atoms with Crippen molar-refractivity contribution in [2.45, 2.75) is 33.2 Å². The zero-order chi connectivity index (χ0) is 23.0. The van der Waals surface area contributed by atoms with Crippen LogP contribution >= 0.6 is 11.6 Å². The van der Waals surface area contributed by atoms with E-state index < -0.39 is 6.04 Å². The Kier molecular flexibility index (Phi) is 8.88. The monoisotopic (exact) mass is 445 g/mol. The summed E-state index contributed by atoms with van der Waals surface area (Å²) in [6.45, 7) is 6.19. The van der Waals surface area contributed by atoms with Crippen molar-refractivity contribution in [3.8, 4) is 5.75 Å². The second kappa shape index (κ2) is 11.4. The van der Waals surface area contributed by atoms with Crippen LogP contribution in [0.5, 0.6) is 5.75 Å². The first kappa shape index (κ1) is 24.2. The van der Waals surface area contributed by atoms with Crippen molar-refractivity contribution < 1.29 is 19.1 Å². The topological polar surface area (TPSA) is 96.5 Å². The zero-order valence-electron chi connectivity index (χ0n) is 18.1. The van der Waals surface area contributed by atoms with Crippen LogP contribution in [0.3, 0.4) is 0 Å². The molecular weight excluding hydrogens is 418 g/mol. The van der Waals surface area contributed by atoms with Crippen LogP contribution in [0.25, 0.3) is 0 Å². The van der Waals surface area contributed by atoms with Gasteiger partial charge in [0.25, 0.3) is 11.8 Å². The molecular formula is C23H28ClN3O4. The Morgan fingerprint density at radius 3 is 2.26 bits per heavy atom. The minimum atomic E-state index is -0.763. The Morgan fingerprint density at radius 1 is 1.03 bits per heavy atom. The molecule has 2 aromatic carbocycles. The maximum atomic E-state index is 12.8. The van der Waals surface area contributed by atoms with Crippen molar-refractivity contribution in [2.75, 3.05) is 19.0 Å². The van der Waals surface area contributed by atoms with Gasteiger partial charge in [0.2, 0.25) is 5.91 Å². The number of benzene rings is 2. The summed E-state index contributed by atoms with van der Waals surface area (Å²) in [5, 5.41) is 8.52. The van der Waals surface area contributed by atoms with Crippen molar-refractivity contribution in [1.82, 2.24) is 10.6 Å². The van der Waals surface area contributed by atoms with Gasteiger partial charge in [-0.05, 0) is 54.8 Å². The van der Waals surface area contributed by atoms with Crippen LogP contribution in [-0.4, -0.2) is 37.4 Å². The van der Waals surface area contributed by atoms with E-state index in [1.807, 2.05) is 20.8 Å². The van der Waals surface area contributed by atoms with Gasteiger partial charge in [-0.15, -0.1) is 0 Å². The molecule has 8 heteroatoms. The van der Waals surface area contributed by atoms with E-state index in [4.69, 9.17) is 16.3 Å². The minimum Gasteiger partial charge on any atom is -0.497 e. The van der Waals surface area contributed by atoms with Gasteiger partial charge in [0.1, 0.15) is 11.8 Å². The number of anilines is 1. The molecule has 0 aliphatic rings. The highest BCUT2D eigenvalue weighted by atomic mass is 35.5. The molecule has 0 bridgehead atoms. The molecule has 1 atom stereocenters. The zero-order valence-corrected chi connectivity index (χ0v) is 18.9. The normalized spacial score (nSPS) is 11.5. The number of ether oxygens (including phenoxy) is 1. The molecule has 0 aliphatic carbocycles. The number of carbonyl (C=O) groups excluding carboxylic acids is 3. The molecule has 2 rings (SSSR count). The second-order valence-corrected chi connectivity index (χ2v) is 7.77. The van der Waals surface area contributed by atoms with Crippen LogP contribution in [0, 0.1) is 5.92 Å². The maximum Gasteiger partial charge on any atom is 0.252 e. The molecule has 0 saturated heterocycles. The minimum absolute atomic E-state index is 0.156. The van der Waals surface area contributed by atoms with Crippen molar-refractivity contribution in [3.63, 3.8) is 0 Å². The van der Waals surface area contributed by atoms with E-state index in [0.29, 0.717) is 29.1 Å². The molecule has 2 aromatic rings. The van der Waals surface area contributed by atoms with Gasteiger partial charge >= 0.3 is 0 Å². The first-order valence-electron chi connectivity index (χ1n) is 10.1. The number of nitrogens with one attached hydrogen (secondary N) is 3. The highest BCUT2D eigenvalue weighted by molar-refractivity contribution is 6.34. The lowest BCUT2D eigenvalue weighted by Gasteiger charge is -2.22. The Bertz CT molecular complexity index is 929. The molecule has 3 N–H and O–H groups in total. The van der Waals surface area contributed by atoms with Gasteiger partial charge < -0.3 is 20.7 Å². The second-order valence-electron chi connectivity index (χ2n) is 7.36. The summed E-state index contributed by atoms with van der Waals surface area (Å²) in [6.07, 6.45) is 0.816. The predicted octanol–water partition coefficient (Wildman–Crippen LogP) is 3.88. The van der Waals surface area contributed by atoms with Gasteiger partial charge in [0, 0.05) is 17.8 Å². The number of rotatable bonds is 9. The molecule has 0 spiro atoms. The van der Waals surface area contributed by atoms with E-state index >= 15 is 0 Å². The summed E-state index contributed by atoms with van der Waals surface area (Å²) < 4.78 is 5.09. The predicted molar refractivity (Wildman–Crippen MR) is 122 cm³/mol. The Hall–Kier alpha value is -3.06. The van der Waals surface area contributed by atoms with Gasteiger partial charge in [-0.2, -0.15) is 0 Å². The van der Waals surface area contributed by atoms with Crippen molar-refractivity contribution in [3.05, 3.63) is 58.6 Å². The van der Waals surface area contributed by atoms with Crippen LogP contribution < -0.4 is 20.7 Å². The number of carbonyl (C=O) groups is 3. The first-order valence-corrected chi connectivity index (χ1v) is 10.5. The maximum absolute atomic E-state index is 12.8. The van der Waals surface area contributed by atoms with Crippen molar-refractivity contribution in [2.24, 2.45) is 5.92 Å². The van der Waals surface area contributed by atoms with E-state index in [2.05, 4.69) is 16.0 Å². The number of amides is 3. The summed E-state index contributed by atoms with van der Waals surface area (Å²) in [5.74, 6) is -0.528. The molecule has 1 unspecified atom stereocenters. The number of methoxy groups -OCH3 is 1. The summed E-state index contributed by atoms with van der Waals surface area (Å²) >= 11 is 6.23.